The second-order valence-corrected chi connectivity index (χ2v) is 4.01. The molecule has 0 aliphatic heterocycles. The van der Waals surface area contributed by atoms with Gasteiger partial charge in [0.05, 0.1) is 11.1 Å². The van der Waals surface area contributed by atoms with Crippen LogP contribution >= 0.6 is 0 Å². The molecule has 2 N–H and O–H groups in total. The van der Waals surface area contributed by atoms with E-state index in [1.807, 2.05) is 0 Å². The van der Waals surface area contributed by atoms with Crippen molar-refractivity contribution in [1.82, 2.24) is 0 Å². The van der Waals surface area contributed by atoms with Crippen LogP contribution in [-0.2, 0) is 0 Å². The second kappa shape index (κ2) is 6.47. The third-order valence-electron chi connectivity index (χ3n) is 2.66. The Morgan fingerprint density at radius 1 is 0.762 bits per heavy atom. The molecule has 2 aromatic rings. The first kappa shape index (κ1) is 14.5. The molecule has 0 fully saturated rings. The maximum absolute atomic E-state index is 11.0. The summed E-state index contributed by atoms with van der Waals surface area (Å²) < 4.78 is 10.5. The van der Waals surface area contributed by atoms with Crippen molar-refractivity contribution in [3.8, 4) is 11.5 Å². The van der Waals surface area contributed by atoms with Crippen molar-refractivity contribution in [2.45, 2.75) is 0 Å². The largest absolute Gasteiger partial charge is 0.576 e. The molecule has 2 rings (SSSR count). The number of carboxylic acids is 2. The third kappa shape index (κ3) is 3.53. The zero-order valence-corrected chi connectivity index (χ0v) is 10.9. The summed E-state index contributed by atoms with van der Waals surface area (Å²) in [5.74, 6) is -1.93. The van der Waals surface area contributed by atoms with E-state index < -0.39 is 11.9 Å². The van der Waals surface area contributed by atoms with E-state index in [2.05, 4.69) is 0 Å². The van der Waals surface area contributed by atoms with E-state index in [4.69, 9.17) is 19.5 Å². The first-order chi connectivity index (χ1) is 10.1. The minimum absolute atomic E-state index is 0.00706. The average molecular weight is 286 g/mol. The Morgan fingerprint density at radius 3 is 1.52 bits per heavy atom. The number of carbonyl (C=O) groups is 2. The summed E-state index contributed by atoms with van der Waals surface area (Å²) in [4.78, 5) is 22.0. The van der Waals surface area contributed by atoms with E-state index >= 15 is 0 Å². The predicted molar refractivity (Wildman–Crippen MR) is 75.2 cm³/mol. The molecule has 2 aromatic carbocycles. The van der Waals surface area contributed by atoms with Crippen LogP contribution in [0.3, 0.4) is 0 Å². The minimum Gasteiger partial charge on any atom is -0.528 e. The zero-order chi connectivity index (χ0) is 15.2. The van der Waals surface area contributed by atoms with Gasteiger partial charge in [0, 0.05) is 0 Å². The molecule has 0 bridgehead atoms. The Bertz CT molecular complexity index is 613. The third-order valence-corrected chi connectivity index (χ3v) is 2.66. The van der Waals surface area contributed by atoms with Crippen LogP contribution in [0, 0.1) is 0 Å². The zero-order valence-electron chi connectivity index (χ0n) is 10.9. The lowest BCUT2D eigenvalue weighted by atomic mass is 10.2. The monoisotopic (exact) mass is 286 g/mol. The van der Waals surface area contributed by atoms with Gasteiger partial charge < -0.3 is 19.5 Å². The molecule has 0 aromatic heterocycles. The molecule has 0 atom stereocenters. The molecule has 0 saturated heterocycles. The van der Waals surface area contributed by atoms with E-state index in [1.165, 1.54) is 24.3 Å². The molecule has 0 heterocycles. The number of hydrogen-bond donors (Lipinski definition) is 2. The number of hydrogen-bond acceptors (Lipinski definition) is 4. The van der Waals surface area contributed by atoms with Crippen LogP contribution in [-0.4, -0.2) is 29.8 Å². The van der Waals surface area contributed by atoms with E-state index in [1.54, 1.807) is 24.3 Å². The molecule has 0 aliphatic carbocycles. The lowest BCUT2D eigenvalue weighted by Gasteiger charge is -2.10. The van der Waals surface area contributed by atoms with Gasteiger partial charge in [-0.15, -0.1) is 0 Å². The van der Waals surface area contributed by atoms with Gasteiger partial charge in [-0.2, -0.15) is 0 Å². The highest BCUT2D eigenvalue weighted by Crippen LogP contribution is 2.20. The molecule has 0 radical (unpaired) electrons. The van der Waals surface area contributed by atoms with Crippen LogP contribution in [0.5, 0.6) is 11.5 Å². The van der Waals surface area contributed by atoms with E-state index in [9.17, 15) is 9.59 Å². The summed E-state index contributed by atoms with van der Waals surface area (Å²) in [6, 6.07) is 12.2. The average Bonchev–Trinajstić information content (AvgIpc) is 2.48. The SMILES string of the molecule is O=C(O)c1ccccc1OBOc1ccccc1C(=O)O. The molecule has 0 aliphatic rings. The molecule has 0 unspecified atom stereocenters. The van der Waals surface area contributed by atoms with Crippen LogP contribution in [0.25, 0.3) is 0 Å². The van der Waals surface area contributed by atoms with Crippen LogP contribution < -0.4 is 9.31 Å². The van der Waals surface area contributed by atoms with Gasteiger partial charge in [0.15, 0.2) is 0 Å². The Morgan fingerprint density at radius 2 is 1.14 bits per heavy atom. The fourth-order valence-electron chi connectivity index (χ4n) is 1.69. The van der Waals surface area contributed by atoms with Gasteiger partial charge in [0.1, 0.15) is 11.5 Å². The molecule has 0 spiro atoms. The van der Waals surface area contributed by atoms with Crippen LogP contribution in [0.15, 0.2) is 48.5 Å². The maximum atomic E-state index is 11.0. The summed E-state index contributed by atoms with van der Waals surface area (Å²) in [5.41, 5.74) is 0.0141. The van der Waals surface area contributed by atoms with Gasteiger partial charge in [0.2, 0.25) is 0 Å². The molecule has 106 valence electrons. The minimum atomic E-state index is -1.11. The van der Waals surface area contributed by atoms with Gasteiger partial charge >= 0.3 is 19.6 Å². The van der Waals surface area contributed by atoms with E-state index in [-0.39, 0.29) is 30.3 Å². The van der Waals surface area contributed by atoms with Crippen molar-refractivity contribution in [1.29, 1.82) is 0 Å². The lowest BCUT2D eigenvalue weighted by Crippen LogP contribution is -2.15. The number of benzene rings is 2. The highest BCUT2D eigenvalue weighted by Gasteiger charge is 2.13. The first-order valence-corrected chi connectivity index (χ1v) is 6.00. The Kier molecular flexibility index (Phi) is 4.45. The highest BCUT2D eigenvalue weighted by atomic mass is 16.6. The van der Waals surface area contributed by atoms with Gasteiger partial charge in [-0.25, -0.2) is 9.59 Å². The van der Waals surface area contributed by atoms with Gasteiger partial charge in [-0.05, 0) is 24.3 Å². The summed E-state index contributed by atoms with van der Waals surface area (Å²) in [5, 5.41) is 18.0. The first-order valence-electron chi connectivity index (χ1n) is 6.00. The smallest absolute Gasteiger partial charge is 0.528 e. The van der Waals surface area contributed by atoms with Crippen molar-refractivity contribution >= 4 is 19.6 Å². The van der Waals surface area contributed by atoms with E-state index in [0.29, 0.717) is 0 Å². The number of aromatic carboxylic acids is 2. The molecular formula is C14H11BO6. The summed E-state index contributed by atoms with van der Waals surface area (Å²) in [7, 11) is -0.297. The Balaban J connectivity index is 2.06. The fraction of sp³-hybridized carbons (Fsp3) is 0. The van der Waals surface area contributed by atoms with E-state index in [0.717, 1.165) is 0 Å². The summed E-state index contributed by atoms with van der Waals surface area (Å²) >= 11 is 0. The van der Waals surface area contributed by atoms with Crippen LogP contribution in [0.1, 0.15) is 20.7 Å². The molecule has 7 heteroatoms. The quantitative estimate of drug-likeness (QED) is 0.786. The van der Waals surface area contributed by atoms with Crippen molar-refractivity contribution in [3.63, 3.8) is 0 Å². The van der Waals surface area contributed by atoms with Gasteiger partial charge in [-0.3, -0.25) is 0 Å². The summed E-state index contributed by atoms with van der Waals surface area (Å²) in [6.45, 7) is 0. The lowest BCUT2D eigenvalue weighted by molar-refractivity contribution is 0.0684. The Hall–Kier alpha value is -2.96. The number of para-hydroxylation sites is 2. The predicted octanol–water partition coefficient (Wildman–Crippen LogP) is 1.81. The van der Waals surface area contributed by atoms with Gasteiger partial charge in [0.25, 0.3) is 0 Å². The second-order valence-electron chi connectivity index (χ2n) is 4.01. The number of carboxylic acid groups (broad SMARTS) is 2. The van der Waals surface area contributed by atoms with Crippen molar-refractivity contribution in [2.24, 2.45) is 0 Å². The fourth-order valence-corrected chi connectivity index (χ4v) is 1.69. The van der Waals surface area contributed by atoms with Crippen molar-refractivity contribution in [3.05, 3.63) is 59.7 Å². The van der Waals surface area contributed by atoms with Crippen molar-refractivity contribution in [2.75, 3.05) is 0 Å². The molecular weight excluding hydrogens is 275 g/mol. The standard InChI is InChI=1S/C14H11BO6/c16-13(17)9-5-1-3-7-11(9)20-15-21-12-8-4-2-6-10(12)14(18)19/h1-8,15H,(H,16,17)(H,18,19). The Labute approximate surface area is 120 Å². The molecule has 6 nitrogen and oxygen atoms in total. The molecule has 0 saturated carbocycles. The van der Waals surface area contributed by atoms with Gasteiger partial charge in [-0.1, -0.05) is 24.3 Å². The van der Waals surface area contributed by atoms with Crippen LogP contribution in [0.4, 0.5) is 0 Å². The van der Waals surface area contributed by atoms with Crippen molar-refractivity contribution < 1.29 is 29.1 Å². The molecule has 21 heavy (non-hydrogen) atoms. The van der Waals surface area contributed by atoms with Crippen LogP contribution in [0.2, 0.25) is 0 Å². The maximum Gasteiger partial charge on any atom is 0.576 e. The molecule has 0 amide bonds. The topological polar surface area (TPSA) is 93.1 Å². The normalized spacial score (nSPS) is 9.71. The summed E-state index contributed by atoms with van der Waals surface area (Å²) in [6.07, 6.45) is 0. The number of rotatable bonds is 6. The highest BCUT2D eigenvalue weighted by molar-refractivity contribution is 6.21.